The van der Waals surface area contributed by atoms with Gasteiger partial charge in [0.2, 0.25) is 0 Å². The number of aryl methyl sites for hydroxylation is 1. The molecular weight excluding hydrogens is 308 g/mol. The van der Waals surface area contributed by atoms with Crippen molar-refractivity contribution in [3.63, 3.8) is 0 Å². The molecule has 0 saturated carbocycles. The second-order valence-electron chi connectivity index (χ2n) is 5.58. The first kappa shape index (κ1) is 15.6. The Morgan fingerprint density at radius 3 is 2.65 bits per heavy atom. The molecule has 3 nitrogen and oxygen atoms in total. The molecule has 0 radical (unpaired) electrons. The predicted molar refractivity (Wildman–Crippen MR) is 93.2 cm³/mol. The number of rotatable bonds is 6. The Morgan fingerprint density at radius 1 is 1.13 bits per heavy atom. The number of halogens is 1. The fraction of sp³-hybridized carbons (Fsp3) is 0.211. The molecule has 1 unspecified atom stereocenters. The zero-order valence-corrected chi connectivity index (χ0v) is 13.8. The van der Waals surface area contributed by atoms with E-state index in [0.717, 1.165) is 24.5 Å². The largest absolute Gasteiger partial charge is 0.457 e. The van der Waals surface area contributed by atoms with Crippen molar-refractivity contribution in [1.82, 2.24) is 9.55 Å². The van der Waals surface area contributed by atoms with E-state index in [9.17, 15) is 0 Å². The summed E-state index contributed by atoms with van der Waals surface area (Å²) in [5.74, 6) is 2.08. The van der Waals surface area contributed by atoms with Crippen LogP contribution >= 0.6 is 11.6 Å². The lowest BCUT2D eigenvalue weighted by molar-refractivity contribution is 0.465. The second-order valence-corrected chi connectivity index (χ2v) is 6.02. The molecule has 0 saturated heterocycles. The van der Waals surface area contributed by atoms with Crippen LogP contribution in [0.1, 0.15) is 24.8 Å². The summed E-state index contributed by atoms with van der Waals surface area (Å²) in [7, 11) is 0. The average molecular weight is 327 g/mol. The van der Waals surface area contributed by atoms with Gasteiger partial charge in [0.05, 0.1) is 6.33 Å². The third-order valence-electron chi connectivity index (χ3n) is 3.87. The molecule has 0 aliphatic carbocycles. The van der Waals surface area contributed by atoms with Crippen LogP contribution in [0.3, 0.4) is 0 Å². The van der Waals surface area contributed by atoms with Crippen LogP contribution in [0.15, 0.2) is 67.3 Å². The fourth-order valence-corrected chi connectivity index (χ4v) is 2.65. The summed E-state index contributed by atoms with van der Waals surface area (Å²) in [5, 5.41) is 0.708. The van der Waals surface area contributed by atoms with Gasteiger partial charge in [0.1, 0.15) is 11.5 Å². The van der Waals surface area contributed by atoms with Crippen molar-refractivity contribution >= 4 is 11.6 Å². The standard InChI is InChI=1S/C19H19ClN2O/c1-15(10-12-22-13-11-21-14-22)18-4-2-3-5-19(18)23-17-8-6-16(20)7-9-17/h2-9,11,13-15H,10,12H2,1H3. The van der Waals surface area contributed by atoms with E-state index in [2.05, 4.69) is 28.6 Å². The molecule has 118 valence electrons. The van der Waals surface area contributed by atoms with Crippen LogP contribution in [0.4, 0.5) is 0 Å². The van der Waals surface area contributed by atoms with Crippen molar-refractivity contribution in [2.24, 2.45) is 0 Å². The molecule has 0 N–H and O–H groups in total. The second kappa shape index (κ2) is 7.34. The van der Waals surface area contributed by atoms with E-state index in [1.807, 2.05) is 55.1 Å². The van der Waals surface area contributed by atoms with Gasteiger partial charge in [-0.1, -0.05) is 36.7 Å². The van der Waals surface area contributed by atoms with Crippen molar-refractivity contribution in [3.05, 3.63) is 77.8 Å². The van der Waals surface area contributed by atoms with E-state index in [1.54, 1.807) is 0 Å². The Bertz CT molecular complexity index is 738. The first-order chi connectivity index (χ1) is 11.2. The zero-order valence-electron chi connectivity index (χ0n) is 13.0. The molecule has 4 heteroatoms. The van der Waals surface area contributed by atoms with Gasteiger partial charge in [-0.2, -0.15) is 0 Å². The highest BCUT2D eigenvalue weighted by Crippen LogP contribution is 2.32. The summed E-state index contributed by atoms with van der Waals surface area (Å²) in [5.41, 5.74) is 1.21. The lowest BCUT2D eigenvalue weighted by atomic mass is 9.97. The zero-order chi connectivity index (χ0) is 16.1. The molecule has 23 heavy (non-hydrogen) atoms. The summed E-state index contributed by atoms with van der Waals surface area (Å²) >= 11 is 5.92. The van der Waals surface area contributed by atoms with Crippen LogP contribution in [-0.4, -0.2) is 9.55 Å². The van der Waals surface area contributed by atoms with Gasteiger partial charge in [0.15, 0.2) is 0 Å². The summed E-state index contributed by atoms with van der Waals surface area (Å²) in [6, 6.07) is 15.6. The number of hydrogen-bond acceptors (Lipinski definition) is 2. The van der Waals surface area contributed by atoms with Gasteiger partial charge in [0.25, 0.3) is 0 Å². The van der Waals surface area contributed by atoms with E-state index < -0.39 is 0 Å². The van der Waals surface area contributed by atoms with E-state index in [-0.39, 0.29) is 0 Å². The molecule has 0 fully saturated rings. The molecular formula is C19H19ClN2O. The molecule has 3 rings (SSSR count). The first-order valence-electron chi connectivity index (χ1n) is 7.70. The number of para-hydroxylation sites is 1. The van der Waals surface area contributed by atoms with E-state index in [0.29, 0.717) is 10.9 Å². The number of benzene rings is 2. The van der Waals surface area contributed by atoms with Gasteiger partial charge in [-0.3, -0.25) is 0 Å². The number of hydrogen-bond donors (Lipinski definition) is 0. The molecule has 0 aliphatic heterocycles. The van der Waals surface area contributed by atoms with E-state index in [1.165, 1.54) is 5.56 Å². The van der Waals surface area contributed by atoms with Crippen molar-refractivity contribution in [2.45, 2.75) is 25.8 Å². The maximum Gasteiger partial charge on any atom is 0.130 e. The highest BCUT2D eigenvalue weighted by Gasteiger charge is 2.12. The molecule has 1 aromatic heterocycles. The Balaban J connectivity index is 1.72. The van der Waals surface area contributed by atoms with Crippen LogP contribution in [0, 0.1) is 0 Å². The molecule has 0 amide bonds. The van der Waals surface area contributed by atoms with Gasteiger partial charge < -0.3 is 9.30 Å². The summed E-state index contributed by atoms with van der Waals surface area (Å²) < 4.78 is 8.14. The maximum absolute atomic E-state index is 6.04. The van der Waals surface area contributed by atoms with Crippen molar-refractivity contribution in [2.75, 3.05) is 0 Å². The van der Waals surface area contributed by atoms with Crippen molar-refractivity contribution in [3.8, 4) is 11.5 Å². The minimum atomic E-state index is 0.390. The number of imidazole rings is 1. The molecule has 1 atom stereocenters. The van der Waals surface area contributed by atoms with Gasteiger partial charge in [0, 0.05) is 24.0 Å². The number of ether oxygens (including phenoxy) is 1. The topological polar surface area (TPSA) is 27.1 Å². The van der Waals surface area contributed by atoms with E-state index >= 15 is 0 Å². The van der Waals surface area contributed by atoms with Crippen LogP contribution in [0.25, 0.3) is 0 Å². The number of nitrogens with zero attached hydrogens (tertiary/aromatic N) is 2. The van der Waals surface area contributed by atoms with E-state index in [4.69, 9.17) is 16.3 Å². The lowest BCUT2D eigenvalue weighted by Gasteiger charge is -2.17. The Morgan fingerprint density at radius 2 is 1.91 bits per heavy atom. The molecule has 0 bridgehead atoms. The molecule has 0 aliphatic rings. The van der Waals surface area contributed by atoms with Crippen LogP contribution in [0.2, 0.25) is 5.02 Å². The maximum atomic E-state index is 6.04. The number of aromatic nitrogens is 2. The normalized spacial score (nSPS) is 12.1. The Hall–Kier alpha value is -2.26. The third-order valence-corrected chi connectivity index (χ3v) is 4.12. The smallest absolute Gasteiger partial charge is 0.130 e. The summed E-state index contributed by atoms with van der Waals surface area (Å²) in [6.07, 6.45) is 6.67. The monoisotopic (exact) mass is 326 g/mol. The Kier molecular flexibility index (Phi) is 4.99. The summed E-state index contributed by atoms with van der Waals surface area (Å²) in [4.78, 5) is 4.08. The van der Waals surface area contributed by atoms with Crippen LogP contribution in [0.5, 0.6) is 11.5 Å². The first-order valence-corrected chi connectivity index (χ1v) is 8.08. The Labute approximate surface area is 141 Å². The highest BCUT2D eigenvalue weighted by atomic mass is 35.5. The molecule has 0 spiro atoms. The van der Waals surface area contributed by atoms with Crippen molar-refractivity contribution in [1.29, 1.82) is 0 Å². The minimum Gasteiger partial charge on any atom is -0.457 e. The minimum absolute atomic E-state index is 0.390. The fourth-order valence-electron chi connectivity index (χ4n) is 2.53. The van der Waals surface area contributed by atoms with Gasteiger partial charge in [-0.15, -0.1) is 0 Å². The molecule has 2 aromatic carbocycles. The van der Waals surface area contributed by atoms with Crippen LogP contribution in [-0.2, 0) is 6.54 Å². The predicted octanol–water partition coefficient (Wildman–Crippen LogP) is 5.52. The van der Waals surface area contributed by atoms with Gasteiger partial charge >= 0.3 is 0 Å². The SMILES string of the molecule is CC(CCn1ccnc1)c1ccccc1Oc1ccc(Cl)cc1. The van der Waals surface area contributed by atoms with Crippen LogP contribution < -0.4 is 4.74 Å². The van der Waals surface area contributed by atoms with Gasteiger partial charge in [-0.25, -0.2) is 4.98 Å². The highest BCUT2D eigenvalue weighted by molar-refractivity contribution is 6.30. The van der Waals surface area contributed by atoms with Crippen molar-refractivity contribution < 1.29 is 4.74 Å². The molecule has 1 heterocycles. The quantitative estimate of drug-likeness (QED) is 0.596. The lowest BCUT2D eigenvalue weighted by Crippen LogP contribution is -2.02. The summed E-state index contributed by atoms with van der Waals surface area (Å²) in [6.45, 7) is 3.16. The third kappa shape index (κ3) is 4.14. The van der Waals surface area contributed by atoms with Gasteiger partial charge in [-0.05, 0) is 48.2 Å². The molecule has 3 aromatic rings. The average Bonchev–Trinajstić information content (AvgIpc) is 3.09.